The molecule has 346 valence electrons. The highest BCUT2D eigenvalue weighted by Crippen LogP contribution is 2.56. The van der Waals surface area contributed by atoms with E-state index in [-0.39, 0.29) is 73.3 Å². The molecule has 2 aliphatic carbocycles. The molecule has 3 fully saturated rings. The normalized spacial score (nSPS) is 35.0. The van der Waals surface area contributed by atoms with E-state index in [0.717, 1.165) is 32.1 Å². The third-order valence-corrected chi connectivity index (χ3v) is 15.3. The number of nitrogens with one attached hydrogen (secondary N) is 3. The number of carbonyl (C=O) groups excluding carboxylic acids is 1. The number of nitrogens with two attached hydrogens (primary N) is 1. The molecule has 1 saturated heterocycles. The molecule has 21 heteroatoms. The molecule has 0 aromatic carbocycles. The van der Waals surface area contributed by atoms with Crippen molar-refractivity contribution >= 4 is 39.5 Å². The molecule has 11 unspecified atom stereocenters. The first-order valence-electron chi connectivity index (χ1n) is 21.1. The number of aliphatic hydroxyl groups excluding tert-OH is 4. The topological polar surface area (TPSA) is 289 Å². The number of ether oxygens (including phenoxy) is 5. The molecule has 6 rings (SSSR count). The predicted octanol–water partition coefficient (Wildman–Crippen LogP) is -1.42. The van der Waals surface area contributed by atoms with Gasteiger partial charge < -0.3 is 70.5 Å². The number of guanidine groups is 1. The minimum Gasteiger partial charge on any atom is -0.477 e. The number of aliphatic imine (C=N–C) groups is 1. The second-order valence-corrected chi connectivity index (χ2v) is 19.1. The van der Waals surface area contributed by atoms with Crippen molar-refractivity contribution in [2.75, 3.05) is 58.2 Å². The van der Waals surface area contributed by atoms with Gasteiger partial charge in [0.05, 0.1) is 49.1 Å². The standard InChI is InChI=1S/C41H61N5O14S2/c1-3-25-26-8-7-23-15-46(16-27(35(51)52)32(23)45-39(42)44-13-6-14-47)24(17-48)20-61-62-21-29-30(9-12-40(29)10-4-5-11-40)58-36(53)28(26)19-56-37(25)60-38-34(57-22-43-2)41(54,55)33(50)31(18-49)59-38/h3,7-8,16,19,24-26,29-31,33-34,37-38,43,47-50,54-55H,1,4-6,9-15,17-18,20-22H2,2H3,(H,51,52)(H3,42,44,45)/p+1. The summed E-state index contributed by atoms with van der Waals surface area (Å²) in [6, 6.07) is -0.398. The minimum absolute atomic E-state index is 0.0454. The lowest BCUT2D eigenvalue weighted by Crippen LogP contribution is -3.13. The number of esters is 1. The Morgan fingerprint density at radius 1 is 1.15 bits per heavy atom. The monoisotopic (exact) mass is 912 g/mol. The molecule has 4 aliphatic heterocycles. The number of quaternary nitrogens is 1. The van der Waals surface area contributed by atoms with E-state index in [1.807, 2.05) is 0 Å². The maximum atomic E-state index is 14.5. The number of nitrogens with zero attached hydrogens (tertiary/aromatic N) is 1. The average Bonchev–Trinajstić information content (AvgIpc) is 3.86. The summed E-state index contributed by atoms with van der Waals surface area (Å²) in [7, 11) is 4.82. The summed E-state index contributed by atoms with van der Waals surface area (Å²) in [5.41, 5.74) is 6.86. The van der Waals surface area contributed by atoms with E-state index in [9.17, 15) is 45.3 Å². The van der Waals surface area contributed by atoms with Gasteiger partial charge in [-0.25, -0.2) is 9.59 Å². The first kappa shape index (κ1) is 48.4. The van der Waals surface area contributed by atoms with E-state index in [4.69, 9.17) is 29.4 Å². The van der Waals surface area contributed by atoms with Gasteiger partial charge in [0.2, 0.25) is 12.1 Å². The van der Waals surface area contributed by atoms with Gasteiger partial charge in [-0.1, -0.05) is 52.7 Å². The van der Waals surface area contributed by atoms with Crippen molar-refractivity contribution in [3.05, 3.63) is 59.7 Å². The number of carbonyl (C=O) groups is 2. The molecular weight excluding hydrogens is 851 g/mol. The molecule has 12 N–H and O–H groups in total. The molecule has 1 spiro atoms. The Morgan fingerprint density at radius 3 is 2.58 bits per heavy atom. The van der Waals surface area contributed by atoms with Crippen LogP contribution in [0.5, 0.6) is 0 Å². The van der Waals surface area contributed by atoms with Crippen LogP contribution >= 0.6 is 21.6 Å². The summed E-state index contributed by atoms with van der Waals surface area (Å²) < 4.78 is 30.2. The number of carboxylic acids is 1. The molecule has 0 aromatic rings. The number of allylic oxidation sites excluding steroid dienone is 1. The first-order valence-corrected chi connectivity index (χ1v) is 23.6. The molecule has 4 heterocycles. The Morgan fingerprint density at radius 2 is 1.90 bits per heavy atom. The van der Waals surface area contributed by atoms with Gasteiger partial charge in [0.1, 0.15) is 42.7 Å². The van der Waals surface area contributed by atoms with Crippen LogP contribution in [-0.2, 0) is 33.3 Å². The van der Waals surface area contributed by atoms with Crippen LogP contribution in [0.4, 0.5) is 0 Å². The van der Waals surface area contributed by atoms with Gasteiger partial charge in [0.15, 0.2) is 18.4 Å². The molecular formula is C41H62N5O14S2+. The third kappa shape index (κ3) is 10.6. The smallest absolute Gasteiger partial charge is 0.343 e. The molecule has 0 amide bonds. The number of rotatable bonds is 13. The van der Waals surface area contributed by atoms with E-state index in [1.165, 1.54) is 12.3 Å². The van der Waals surface area contributed by atoms with Crippen molar-refractivity contribution < 1.29 is 73.9 Å². The maximum Gasteiger partial charge on any atom is 0.343 e. The number of carboxylic acid groups (broad SMARTS) is 1. The van der Waals surface area contributed by atoms with E-state index in [1.54, 1.807) is 47.0 Å². The molecule has 2 saturated carbocycles. The highest BCUT2D eigenvalue weighted by atomic mass is 33.1. The number of aliphatic carboxylic acids is 1. The van der Waals surface area contributed by atoms with Gasteiger partial charge in [-0.3, -0.25) is 15.2 Å². The number of aliphatic hydroxyl groups is 6. The molecule has 0 radical (unpaired) electrons. The lowest BCUT2D eigenvalue weighted by Gasteiger charge is -2.47. The summed E-state index contributed by atoms with van der Waals surface area (Å²) in [6.07, 6.45) is 5.37. The number of hydrogen-bond donors (Lipinski definition) is 11. The van der Waals surface area contributed by atoms with Crippen LogP contribution in [0.3, 0.4) is 0 Å². The highest BCUT2D eigenvalue weighted by molar-refractivity contribution is 8.76. The molecule has 0 aromatic heterocycles. The zero-order chi connectivity index (χ0) is 44.6. The summed E-state index contributed by atoms with van der Waals surface area (Å²) in [5.74, 6) is -5.45. The Bertz CT molecular complexity index is 1760. The zero-order valence-corrected chi connectivity index (χ0v) is 36.4. The molecule has 6 aliphatic rings. The lowest BCUT2D eigenvalue weighted by atomic mass is 9.77. The fourth-order valence-electron chi connectivity index (χ4n) is 9.43. The highest BCUT2D eigenvalue weighted by Gasteiger charge is 2.58. The van der Waals surface area contributed by atoms with Crippen molar-refractivity contribution in [1.29, 1.82) is 0 Å². The van der Waals surface area contributed by atoms with Gasteiger partial charge in [0.25, 0.3) is 0 Å². The summed E-state index contributed by atoms with van der Waals surface area (Å²) in [6.45, 7) is 3.05. The lowest BCUT2D eigenvalue weighted by molar-refractivity contribution is -0.867. The fourth-order valence-corrected chi connectivity index (χ4v) is 12.3. The van der Waals surface area contributed by atoms with E-state index in [2.05, 4.69) is 22.2 Å². The Hall–Kier alpha value is -3.03. The van der Waals surface area contributed by atoms with Crippen LogP contribution in [0.1, 0.15) is 44.9 Å². The second-order valence-electron chi connectivity index (χ2n) is 16.5. The third-order valence-electron chi connectivity index (χ3n) is 12.8. The van der Waals surface area contributed by atoms with Gasteiger partial charge in [-0.15, -0.1) is 6.58 Å². The fraction of sp³-hybridized carbons (Fsp3) is 0.683. The van der Waals surface area contributed by atoms with Gasteiger partial charge in [-0.05, 0) is 44.6 Å². The van der Waals surface area contributed by atoms with Crippen molar-refractivity contribution in [1.82, 2.24) is 10.6 Å². The average molecular weight is 913 g/mol. The van der Waals surface area contributed by atoms with Crippen LogP contribution in [0.25, 0.3) is 0 Å². The predicted molar refractivity (Wildman–Crippen MR) is 227 cm³/mol. The van der Waals surface area contributed by atoms with Crippen LogP contribution in [0.15, 0.2) is 64.7 Å². The van der Waals surface area contributed by atoms with E-state index >= 15 is 0 Å². The van der Waals surface area contributed by atoms with Gasteiger partial charge in [0, 0.05) is 36.3 Å². The maximum absolute atomic E-state index is 14.5. The minimum atomic E-state index is -2.94. The van der Waals surface area contributed by atoms with Crippen molar-refractivity contribution in [3.63, 3.8) is 0 Å². The second kappa shape index (κ2) is 21.8. The van der Waals surface area contributed by atoms with Crippen LogP contribution in [0.2, 0.25) is 0 Å². The molecule has 19 nitrogen and oxygen atoms in total. The molecule has 2 bridgehead atoms. The van der Waals surface area contributed by atoms with Crippen LogP contribution < -0.4 is 21.3 Å². The Balaban J connectivity index is 1.44. The molecule has 11 atom stereocenters. The van der Waals surface area contributed by atoms with Crippen LogP contribution in [0, 0.1) is 23.2 Å². The molecule has 62 heavy (non-hydrogen) atoms. The zero-order valence-electron chi connectivity index (χ0n) is 34.8. The van der Waals surface area contributed by atoms with Crippen molar-refractivity contribution in [2.45, 2.75) is 93.8 Å². The summed E-state index contributed by atoms with van der Waals surface area (Å²) in [5, 5.41) is 78.9. The largest absolute Gasteiger partial charge is 0.477 e. The number of hydrogen-bond acceptors (Lipinski definition) is 17. The van der Waals surface area contributed by atoms with Crippen LogP contribution in [-0.4, -0.2) is 161 Å². The van der Waals surface area contributed by atoms with E-state index in [0.29, 0.717) is 34.8 Å². The quantitative estimate of drug-likeness (QED) is 0.0192. The first-order chi connectivity index (χ1) is 29.8. The Labute approximate surface area is 368 Å². The van der Waals surface area contributed by atoms with E-state index < -0.39 is 73.1 Å². The Kier molecular flexibility index (Phi) is 17.0. The van der Waals surface area contributed by atoms with Crippen molar-refractivity contribution in [2.24, 2.45) is 33.9 Å². The number of fused-ring (bicyclic) bond motifs is 5. The van der Waals surface area contributed by atoms with Gasteiger partial charge in [-0.2, -0.15) is 0 Å². The summed E-state index contributed by atoms with van der Waals surface area (Å²) >= 11 is 0. The summed E-state index contributed by atoms with van der Waals surface area (Å²) in [4.78, 5) is 32.4. The van der Waals surface area contributed by atoms with Gasteiger partial charge >= 0.3 is 11.9 Å². The SMILES string of the molecule is C=CC1C(OC2OC(CO)C(O)C(O)(O)C2OCNC)OC=C2C(=O)OC3CCC4(CCCC4)C3CSSCC(CO)[NH+]3C=C(C(=O)O)C(NC(N)=NCCCO)=C(C=CC21)C3. The van der Waals surface area contributed by atoms with Crippen molar-refractivity contribution in [3.8, 4) is 0 Å².